The first-order valence-electron chi connectivity index (χ1n) is 5.04. The van der Waals surface area contributed by atoms with E-state index in [1.165, 1.54) is 0 Å². The van der Waals surface area contributed by atoms with Crippen LogP contribution in [-0.2, 0) is 17.8 Å². The lowest BCUT2D eigenvalue weighted by molar-refractivity contribution is -0.140. The number of carboxylic acids is 1. The summed E-state index contributed by atoms with van der Waals surface area (Å²) in [5.74, 6) is -0.325. The van der Waals surface area contributed by atoms with Crippen molar-refractivity contribution in [1.29, 1.82) is 0 Å². The third-order valence-electron chi connectivity index (χ3n) is 2.11. The van der Waals surface area contributed by atoms with Crippen molar-refractivity contribution in [2.75, 3.05) is 6.61 Å². The normalized spacial score (nSPS) is 12.4. The van der Waals surface area contributed by atoms with Crippen molar-refractivity contribution in [3.63, 3.8) is 0 Å². The molecule has 1 aromatic heterocycles. The molecule has 1 unspecified atom stereocenters. The van der Waals surface area contributed by atoms with Crippen LogP contribution in [-0.4, -0.2) is 38.8 Å². The van der Waals surface area contributed by atoms with Gasteiger partial charge in [-0.25, -0.2) is 9.97 Å². The van der Waals surface area contributed by atoms with Crippen LogP contribution in [0.2, 0.25) is 0 Å². The molecule has 0 spiro atoms. The molecule has 3 N–H and O–H groups in total. The molecule has 6 nitrogen and oxygen atoms in total. The smallest absolute Gasteiger partial charge is 0.323 e. The summed E-state index contributed by atoms with van der Waals surface area (Å²) in [4.78, 5) is 18.8. The summed E-state index contributed by atoms with van der Waals surface area (Å²) in [6, 6.07) is -0.953. The number of hydrogen-bond acceptors (Lipinski definition) is 5. The minimum absolute atomic E-state index is 0.321. The molecule has 0 amide bonds. The quantitative estimate of drug-likeness (QED) is 0.608. The number of aliphatic hydroxyl groups excluding tert-OH is 1. The van der Waals surface area contributed by atoms with Crippen LogP contribution in [0.15, 0.2) is 12.4 Å². The molecule has 0 fully saturated rings. The molecular weight excluding hydrogens is 210 g/mol. The maximum absolute atomic E-state index is 10.6. The van der Waals surface area contributed by atoms with Crippen molar-refractivity contribution in [3.05, 3.63) is 23.8 Å². The summed E-state index contributed by atoms with van der Waals surface area (Å²) >= 11 is 0. The van der Waals surface area contributed by atoms with Crippen LogP contribution in [0, 0.1) is 0 Å². The fraction of sp³-hybridized carbons (Fsp3) is 0.500. The van der Waals surface area contributed by atoms with Crippen molar-refractivity contribution in [1.82, 2.24) is 15.3 Å². The van der Waals surface area contributed by atoms with E-state index in [1.807, 2.05) is 6.92 Å². The number of carboxylic acid groups (broad SMARTS) is 1. The first-order valence-corrected chi connectivity index (χ1v) is 5.04. The Morgan fingerprint density at radius 1 is 1.50 bits per heavy atom. The van der Waals surface area contributed by atoms with Gasteiger partial charge in [-0.1, -0.05) is 6.92 Å². The molecule has 1 aromatic rings. The molecule has 0 bridgehead atoms. The molecule has 0 aliphatic rings. The average molecular weight is 225 g/mol. The van der Waals surface area contributed by atoms with Gasteiger partial charge in [0.05, 0.1) is 6.61 Å². The maximum Gasteiger partial charge on any atom is 0.323 e. The molecule has 88 valence electrons. The van der Waals surface area contributed by atoms with E-state index in [0.29, 0.717) is 6.54 Å². The van der Waals surface area contributed by atoms with Crippen molar-refractivity contribution in [2.45, 2.75) is 25.9 Å². The summed E-state index contributed by atoms with van der Waals surface area (Å²) in [7, 11) is 0. The number of hydrogen-bond donors (Lipinski definition) is 3. The Labute approximate surface area is 93.4 Å². The molecule has 6 heteroatoms. The Morgan fingerprint density at radius 3 is 2.56 bits per heavy atom. The van der Waals surface area contributed by atoms with Crippen LogP contribution in [0.5, 0.6) is 0 Å². The second kappa shape index (κ2) is 6.14. The fourth-order valence-corrected chi connectivity index (χ4v) is 1.13. The van der Waals surface area contributed by atoms with Gasteiger partial charge >= 0.3 is 5.97 Å². The van der Waals surface area contributed by atoms with E-state index in [4.69, 9.17) is 10.2 Å². The highest BCUT2D eigenvalue weighted by Gasteiger charge is 2.14. The van der Waals surface area contributed by atoms with Crippen molar-refractivity contribution < 1.29 is 15.0 Å². The lowest BCUT2D eigenvalue weighted by Gasteiger charge is -2.10. The summed E-state index contributed by atoms with van der Waals surface area (Å²) in [6.45, 7) is 1.84. The molecule has 0 saturated heterocycles. The first-order chi connectivity index (χ1) is 7.67. The van der Waals surface area contributed by atoms with E-state index >= 15 is 0 Å². The van der Waals surface area contributed by atoms with Crippen LogP contribution in [0.4, 0.5) is 0 Å². The van der Waals surface area contributed by atoms with Gasteiger partial charge in [-0.15, -0.1) is 0 Å². The van der Waals surface area contributed by atoms with Gasteiger partial charge in [0.15, 0.2) is 0 Å². The fourth-order valence-electron chi connectivity index (χ4n) is 1.13. The van der Waals surface area contributed by atoms with E-state index in [0.717, 1.165) is 17.8 Å². The van der Waals surface area contributed by atoms with Crippen molar-refractivity contribution in [3.8, 4) is 0 Å². The Balaban J connectivity index is 2.50. The Morgan fingerprint density at radius 2 is 2.12 bits per heavy atom. The number of aromatic nitrogens is 2. The molecule has 16 heavy (non-hydrogen) atoms. The molecule has 1 atom stereocenters. The maximum atomic E-state index is 10.6. The van der Waals surface area contributed by atoms with Crippen LogP contribution in [0.1, 0.15) is 18.3 Å². The second-order valence-electron chi connectivity index (χ2n) is 3.32. The Kier molecular flexibility index (Phi) is 4.81. The number of aliphatic hydroxyl groups is 1. The number of carbonyl (C=O) groups is 1. The average Bonchev–Trinajstić information content (AvgIpc) is 2.30. The number of nitrogens with zero attached hydrogens (tertiary/aromatic N) is 2. The van der Waals surface area contributed by atoms with Gasteiger partial charge in [-0.2, -0.15) is 0 Å². The molecule has 0 aromatic carbocycles. The number of aliphatic carboxylic acids is 1. The van der Waals surface area contributed by atoms with Crippen LogP contribution in [0.25, 0.3) is 0 Å². The number of aryl methyl sites for hydroxylation is 1. The van der Waals surface area contributed by atoms with E-state index in [9.17, 15) is 4.79 Å². The van der Waals surface area contributed by atoms with Crippen LogP contribution in [0.3, 0.4) is 0 Å². The van der Waals surface area contributed by atoms with Gasteiger partial charge < -0.3 is 10.2 Å². The van der Waals surface area contributed by atoms with Crippen LogP contribution < -0.4 is 5.32 Å². The minimum Gasteiger partial charge on any atom is -0.480 e. The summed E-state index contributed by atoms with van der Waals surface area (Å²) < 4.78 is 0. The SMILES string of the molecule is CCc1ncc(CNC(CO)C(=O)O)cn1. The summed E-state index contributed by atoms with van der Waals surface area (Å²) in [5, 5.41) is 20.2. The molecule has 0 radical (unpaired) electrons. The predicted molar refractivity (Wildman–Crippen MR) is 56.8 cm³/mol. The molecule has 0 saturated carbocycles. The zero-order valence-corrected chi connectivity index (χ0v) is 9.05. The van der Waals surface area contributed by atoms with Gasteiger partial charge in [-0.05, 0) is 0 Å². The Hall–Kier alpha value is -1.53. The van der Waals surface area contributed by atoms with E-state index in [2.05, 4.69) is 15.3 Å². The van der Waals surface area contributed by atoms with E-state index in [-0.39, 0.29) is 0 Å². The highest BCUT2D eigenvalue weighted by Crippen LogP contribution is 1.97. The van der Waals surface area contributed by atoms with Crippen LogP contribution >= 0.6 is 0 Å². The van der Waals surface area contributed by atoms with E-state index < -0.39 is 18.6 Å². The zero-order valence-electron chi connectivity index (χ0n) is 9.05. The summed E-state index contributed by atoms with van der Waals surface area (Å²) in [5.41, 5.74) is 0.789. The van der Waals surface area contributed by atoms with Gasteiger partial charge in [0.1, 0.15) is 11.9 Å². The minimum atomic E-state index is -1.08. The molecule has 1 heterocycles. The summed E-state index contributed by atoms with van der Waals surface area (Å²) in [6.07, 6.45) is 4.06. The van der Waals surface area contributed by atoms with Gasteiger partial charge in [0.25, 0.3) is 0 Å². The predicted octanol–water partition coefficient (Wildman–Crippen LogP) is -0.426. The molecular formula is C10H15N3O3. The Bertz CT molecular complexity index is 340. The third kappa shape index (κ3) is 3.56. The highest BCUT2D eigenvalue weighted by molar-refractivity contribution is 5.73. The number of nitrogens with one attached hydrogen (secondary N) is 1. The van der Waals surface area contributed by atoms with Gasteiger partial charge in [0.2, 0.25) is 0 Å². The largest absolute Gasteiger partial charge is 0.480 e. The molecule has 1 rings (SSSR count). The topological polar surface area (TPSA) is 95.3 Å². The van der Waals surface area contributed by atoms with Gasteiger partial charge in [-0.3, -0.25) is 10.1 Å². The monoisotopic (exact) mass is 225 g/mol. The molecule has 0 aliphatic carbocycles. The van der Waals surface area contributed by atoms with Crippen molar-refractivity contribution in [2.24, 2.45) is 0 Å². The van der Waals surface area contributed by atoms with Gasteiger partial charge in [0, 0.05) is 30.9 Å². The third-order valence-corrected chi connectivity index (χ3v) is 2.11. The lowest BCUT2D eigenvalue weighted by Crippen LogP contribution is -2.39. The first kappa shape index (κ1) is 12.5. The van der Waals surface area contributed by atoms with E-state index in [1.54, 1.807) is 12.4 Å². The van der Waals surface area contributed by atoms with Crippen molar-refractivity contribution >= 4 is 5.97 Å². The number of rotatable bonds is 6. The lowest BCUT2D eigenvalue weighted by atomic mass is 10.2. The zero-order chi connectivity index (χ0) is 12.0. The highest BCUT2D eigenvalue weighted by atomic mass is 16.4. The second-order valence-corrected chi connectivity index (χ2v) is 3.32. The molecule has 0 aliphatic heterocycles. The standard InChI is InChI=1S/C10H15N3O3/c1-2-9-12-4-7(5-13-9)3-11-8(6-14)10(15)16/h4-5,8,11,14H,2-3,6H2,1H3,(H,15,16).